The van der Waals surface area contributed by atoms with Gasteiger partial charge in [0.05, 0.1) is 28.2 Å². The van der Waals surface area contributed by atoms with Crippen molar-refractivity contribution in [2.24, 2.45) is 5.41 Å². The number of β-amino-alcohol motifs (C(OH)–C–C–N with tert-alkyl or cyclic N) is 1. The van der Waals surface area contributed by atoms with Crippen molar-refractivity contribution in [2.75, 3.05) is 6.54 Å². The summed E-state index contributed by atoms with van der Waals surface area (Å²) in [5.74, 6) is -0.378. The summed E-state index contributed by atoms with van der Waals surface area (Å²) in [5.41, 5.74) is 4.59. The van der Waals surface area contributed by atoms with E-state index in [-0.39, 0.29) is 36.2 Å². The number of rotatable bonds is 7. The predicted octanol–water partition coefficient (Wildman–Crippen LogP) is 3.11. The fourth-order valence-corrected chi connectivity index (χ4v) is 4.97. The number of nitrogens with zero attached hydrogens (tertiary/aromatic N) is 2. The van der Waals surface area contributed by atoms with Gasteiger partial charge in [-0.05, 0) is 23.5 Å². The van der Waals surface area contributed by atoms with Crippen molar-refractivity contribution >= 4 is 23.2 Å². The topological polar surface area (TPSA) is 94.6 Å². The van der Waals surface area contributed by atoms with Crippen LogP contribution in [0.2, 0.25) is 0 Å². The third kappa shape index (κ3) is 6.19. The Labute approximate surface area is 200 Å². The van der Waals surface area contributed by atoms with Crippen molar-refractivity contribution in [2.45, 2.75) is 78.7 Å². The van der Waals surface area contributed by atoms with Crippen molar-refractivity contribution in [3.8, 4) is 10.4 Å². The SMILES string of the molecule is Cc1ncsc1-c1ccc(CNC(=O)C2C[C@@H](O)CN2C(=O)[C@@H](NC(C)C)C(C)(C)C)cc1. The summed E-state index contributed by atoms with van der Waals surface area (Å²) >= 11 is 1.61. The second-order valence-electron chi connectivity index (χ2n) is 10.2. The summed E-state index contributed by atoms with van der Waals surface area (Å²) in [5, 5.41) is 16.6. The second kappa shape index (κ2) is 10.3. The van der Waals surface area contributed by atoms with E-state index in [1.54, 1.807) is 16.2 Å². The van der Waals surface area contributed by atoms with Gasteiger partial charge in [-0.25, -0.2) is 4.98 Å². The van der Waals surface area contributed by atoms with E-state index in [1.165, 1.54) is 0 Å². The van der Waals surface area contributed by atoms with E-state index in [0.29, 0.717) is 6.54 Å². The van der Waals surface area contributed by atoms with Crippen molar-refractivity contribution < 1.29 is 14.7 Å². The first-order valence-electron chi connectivity index (χ1n) is 11.5. The van der Waals surface area contributed by atoms with Gasteiger partial charge < -0.3 is 20.6 Å². The first-order chi connectivity index (χ1) is 15.5. The molecule has 0 saturated carbocycles. The van der Waals surface area contributed by atoms with Crippen LogP contribution < -0.4 is 10.6 Å². The standard InChI is InChI=1S/C25H36N4O3S/c1-15(2)28-22(25(4,5)6)24(32)29-13-19(30)11-20(29)23(31)26-12-17-7-9-18(10-8-17)21-16(3)27-14-33-21/h7-10,14-15,19-20,22,28,30H,11-13H2,1-6H3,(H,26,31)/t19-,20?,22-/m1/s1. The summed E-state index contributed by atoms with van der Waals surface area (Å²) in [6, 6.07) is 7.04. The Morgan fingerprint density at radius 2 is 1.91 bits per heavy atom. The number of hydrogen-bond donors (Lipinski definition) is 3. The Kier molecular flexibility index (Phi) is 7.92. The third-order valence-electron chi connectivity index (χ3n) is 5.91. The van der Waals surface area contributed by atoms with E-state index in [4.69, 9.17) is 0 Å². The number of benzene rings is 1. The van der Waals surface area contributed by atoms with Gasteiger partial charge in [0.25, 0.3) is 0 Å². The Bertz CT molecular complexity index is 965. The van der Waals surface area contributed by atoms with Crippen LogP contribution >= 0.6 is 11.3 Å². The molecule has 3 atom stereocenters. The number of thiazole rings is 1. The Balaban J connectivity index is 1.66. The first-order valence-corrected chi connectivity index (χ1v) is 12.4. The summed E-state index contributed by atoms with van der Waals surface area (Å²) < 4.78 is 0. The number of aromatic nitrogens is 1. The van der Waals surface area contributed by atoms with Gasteiger partial charge in [0.1, 0.15) is 6.04 Å². The molecule has 33 heavy (non-hydrogen) atoms. The van der Waals surface area contributed by atoms with Gasteiger partial charge in [-0.15, -0.1) is 11.3 Å². The molecule has 8 heteroatoms. The summed E-state index contributed by atoms with van der Waals surface area (Å²) in [6.45, 7) is 12.5. The number of aliphatic hydroxyl groups excluding tert-OH is 1. The number of carbonyl (C=O) groups excluding carboxylic acids is 2. The minimum Gasteiger partial charge on any atom is -0.391 e. The van der Waals surface area contributed by atoms with Crippen LogP contribution in [0.4, 0.5) is 0 Å². The van der Waals surface area contributed by atoms with Gasteiger partial charge in [0.15, 0.2) is 0 Å². The zero-order valence-electron chi connectivity index (χ0n) is 20.4. The maximum atomic E-state index is 13.4. The highest BCUT2D eigenvalue weighted by atomic mass is 32.1. The fourth-order valence-electron chi connectivity index (χ4n) is 4.16. The number of nitrogens with one attached hydrogen (secondary N) is 2. The molecule has 1 aliphatic rings. The van der Waals surface area contributed by atoms with Gasteiger partial charge >= 0.3 is 0 Å². The molecule has 1 unspecified atom stereocenters. The molecule has 0 spiro atoms. The number of hydrogen-bond acceptors (Lipinski definition) is 6. The van der Waals surface area contributed by atoms with Crippen LogP contribution in [0.25, 0.3) is 10.4 Å². The molecule has 2 aromatic rings. The van der Waals surface area contributed by atoms with Crippen LogP contribution in [-0.4, -0.2) is 57.6 Å². The monoisotopic (exact) mass is 472 g/mol. The van der Waals surface area contributed by atoms with Crippen LogP contribution in [0.5, 0.6) is 0 Å². The normalized spacial score (nSPS) is 19.7. The minimum absolute atomic E-state index is 0.120. The highest BCUT2D eigenvalue weighted by Gasteiger charge is 2.43. The molecule has 1 aliphatic heterocycles. The van der Waals surface area contributed by atoms with Gasteiger partial charge in [-0.1, -0.05) is 58.9 Å². The van der Waals surface area contributed by atoms with E-state index < -0.39 is 18.2 Å². The van der Waals surface area contributed by atoms with Crippen molar-refractivity contribution in [3.05, 3.63) is 41.0 Å². The fraction of sp³-hybridized carbons (Fsp3) is 0.560. The Morgan fingerprint density at radius 3 is 2.45 bits per heavy atom. The van der Waals surface area contributed by atoms with Crippen LogP contribution in [0.15, 0.2) is 29.8 Å². The molecule has 180 valence electrons. The highest BCUT2D eigenvalue weighted by molar-refractivity contribution is 7.13. The number of likely N-dealkylation sites (tertiary alicyclic amines) is 1. The smallest absolute Gasteiger partial charge is 0.243 e. The molecular formula is C25H36N4O3S. The Hall–Kier alpha value is -2.29. The van der Waals surface area contributed by atoms with Gasteiger partial charge in [0.2, 0.25) is 11.8 Å². The lowest BCUT2D eigenvalue weighted by Crippen LogP contribution is -2.57. The lowest BCUT2D eigenvalue weighted by molar-refractivity contribution is -0.142. The average Bonchev–Trinajstić information content (AvgIpc) is 3.35. The van der Waals surface area contributed by atoms with Crippen LogP contribution in [0, 0.1) is 12.3 Å². The van der Waals surface area contributed by atoms with E-state index >= 15 is 0 Å². The first kappa shape index (κ1) is 25.3. The van der Waals surface area contributed by atoms with Crippen molar-refractivity contribution in [1.82, 2.24) is 20.5 Å². The van der Waals surface area contributed by atoms with Gasteiger partial charge in [0, 0.05) is 25.6 Å². The van der Waals surface area contributed by atoms with Gasteiger partial charge in [-0.3, -0.25) is 9.59 Å². The molecule has 1 aromatic carbocycles. The molecule has 7 nitrogen and oxygen atoms in total. The third-order valence-corrected chi connectivity index (χ3v) is 6.88. The van der Waals surface area contributed by atoms with E-state index in [9.17, 15) is 14.7 Å². The maximum absolute atomic E-state index is 13.4. The zero-order chi connectivity index (χ0) is 24.3. The summed E-state index contributed by atoms with van der Waals surface area (Å²) in [7, 11) is 0. The zero-order valence-corrected chi connectivity index (χ0v) is 21.2. The second-order valence-corrected chi connectivity index (χ2v) is 11.1. The van der Waals surface area contributed by atoms with E-state index in [1.807, 2.05) is 71.3 Å². The Morgan fingerprint density at radius 1 is 1.24 bits per heavy atom. The van der Waals surface area contributed by atoms with Crippen molar-refractivity contribution in [3.63, 3.8) is 0 Å². The molecule has 2 heterocycles. The van der Waals surface area contributed by atoms with E-state index in [0.717, 1.165) is 21.7 Å². The number of carbonyl (C=O) groups is 2. The van der Waals surface area contributed by atoms with Crippen molar-refractivity contribution in [1.29, 1.82) is 0 Å². The molecule has 0 radical (unpaired) electrons. The minimum atomic E-state index is -0.703. The number of amides is 2. The molecule has 0 aliphatic carbocycles. The lowest BCUT2D eigenvalue weighted by atomic mass is 9.85. The molecule has 2 amide bonds. The van der Waals surface area contributed by atoms with Crippen LogP contribution in [0.1, 0.15) is 52.3 Å². The molecular weight excluding hydrogens is 436 g/mol. The van der Waals surface area contributed by atoms with E-state index in [2.05, 4.69) is 15.6 Å². The van der Waals surface area contributed by atoms with Gasteiger partial charge in [-0.2, -0.15) is 0 Å². The lowest BCUT2D eigenvalue weighted by Gasteiger charge is -2.36. The largest absolute Gasteiger partial charge is 0.391 e. The molecule has 1 fully saturated rings. The maximum Gasteiger partial charge on any atom is 0.243 e. The average molecular weight is 473 g/mol. The summed E-state index contributed by atoms with van der Waals surface area (Å²) in [6.07, 6.45) is -0.453. The number of aryl methyl sites for hydroxylation is 1. The molecule has 3 rings (SSSR count). The molecule has 3 N–H and O–H groups in total. The highest BCUT2D eigenvalue weighted by Crippen LogP contribution is 2.28. The van der Waals surface area contributed by atoms with Crippen LogP contribution in [0.3, 0.4) is 0 Å². The molecule has 1 aromatic heterocycles. The molecule has 1 saturated heterocycles. The predicted molar refractivity (Wildman–Crippen MR) is 132 cm³/mol. The summed E-state index contributed by atoms with van der Waals surface area (Å²) in [4.78, 5) is 33.4. The number of aliphatic hydroxyl groups is 1. The molecule has 0 bridgehead atoms. The quantitative estimate of drug-likeness (QED) is 0.576. The van der Waals surface area contributed by atoms with Crippen LogP contribution in [-0.2, 0) is 16.1 Å².